The summed E-state index contributed by atoms with van der Waals surface area (Å²) in [6.45, 7) is 11.7. The second kappa shape index (κ2) is 20.0. The fourth-order valence-corrected chi connectivity index (χ4v) is 14.3. The lowest BCUT2D eigenvalue weighted by molar-refractivity contribution is 0.348. The minimum absolute atomic E-state index is 0.0719. The van der Waals surface area contributed by atoms with Crippen LogP contribution in [0.1, 0.15) is 148 Å². The number of para-hydroxylation sites is 2. The molecule has 57 heavy (non-hydrogen) atoms. The molecule has 0 radical (unpaired) electrons. The van der Waals surface area contributed by atoms with Gasteiger partial charge in [0, 0.05) is 30.2 Å². The molecule has 2 aliphatic rings. The van der Waals surface area contributed by atoms with E-state index in [1.165, 1.54) is 111 Å². The number of allylic oxidation sites excluding steroid dienone is 2. The number of aryl methyl sites for hydroxylation is 2. The molecule has 2 nitrogen and oxygen atoms in total. The number of hydrogen-bond donors (Lipinski definition) is 1. The Balaban J connectivity index is 1.39. The van der Waals surface area contributed by atoms with Crippen LogP contribution in [0, 0.1) is 19.8 Å². The average Bonchev–Trinajstić information content (AvgIpc) is 3.58. The van der Waals surface area contributed by atoms with E-state index in [-0.39, 0.29) is 5.28 Å². The topological polar surface area (TPSA) is 25.2 Å². The number of rotatable bonds is 22. The molecule has 4 aromatic carbocycles. The van der Waals surface area contributed by atoms with Crippen molar-refractivity contribution < 1.29 is 0 Å². The van der Waals surface area contributed by atoms with E-state index in [0.29, 0.717) is 11.8 Å². The van der Waals surface area contributed by atoms with Gasteiger partial charge in [-0.25, -0.2) is 0 Å². The standard InChI is InChI=1S/C53H67N2PS/c1-6-9-11-12-13-14-22-36-49(51-48-34-24-23-33-46(48)47(26-8-3)50(51)45-35-25-27-40(4)41(45)5)53(52-42(37-38-57-52)28-17-10-7-2)54-56(53)39-55(43-29-18-15-19-30-43)44-31-20-16-21-32-44/h15-16,18-21,23-25,27,29-35,37-38,49,51,54H,6-14,17,22,26,28,36,39H2,1-5H3. The molecule has 1 aliphatic heterocycles. The van der Waals surface area contributed by atoms with Gasteiger partial charge in [0.15, 0.2) is 0 Å². The third kappa shape index (κ3) is 9.07. The second-order valence-electron chi connectivity index (χ2n) is 16.7. The van der Waals surface area contributed by atoms with Crippen molar-refractivity contribution in [2.75, 3.05) is 11.2 Å². The number of fused-ring (bicyclic) bond motifs is 1. The molecule has 5 aromatic rings. The molecule has 0 amide bonds. The molecule has 300 valence electrons. The third-order valence-corrected chi connectivity index (χ3v) is 16.7. The lowest BCUT2D eigenvalue weighted by Gasteiger charge is -2.36. The fourth-order valence-electron chi connectivity index (χ4n) is 9.83. The average molecular weight is 795 g/mol. The number of unbranched alkanes of at least 4 members (excludes halogenated alkanes) is 8. The molecule has 4 unspecified atom stereocenters. The van der Waals surface area contributed by atoms with E-state index in [1.807, 2.05) is 0 Å². The molecule has 1 fully saturated rings. The molecule has 0 bridgehead atoms. The molecule has 4 atom stereocenters. The van der Waals surface area contributed by atoms with Gasteiger partial charge in [0.05, 0.1) is 11.6 Å². The summed E-state index contributed by atoms with van der Waals surface area (Å²) < 4.78 is 0. The number of anilines is 2. The van der Waals surface area contributed by atoms with Crippen LogP contribution in [0.2, 0.25) is 0 Å². The van der Waals surface area contributed by atoms with Gasteiger partial charge in [0.2, 0.25) is 0 Å². The predicted molar refractivity (Wildman–Crippen MR) is 252 cm³/mol. The summed E-state index contributed by atoms with van der Waals surface area (Å²) in [7, 11) is -0.608. The molecule has 2 heterocycles. The van der Waals surface area contributed by atoms with E-state index in [4.69, 9.17) is 0 Å². The Kier molecular flexibility index (Phi) is 14.6. The number of benzene rings is 4. The number of hydrogen-bond acceptors (Lipinski definition) is 3. The van der Waals surface area contributed by atoms with Crippen LogP contribution in [0.5, 0.6) is 0 Å². The van der Waals surface area contributed by atoms with Gasteiger partial charge in [-0.15, -0.1) is 11.3 Å². The second-order valence-corrected chi connectivity index (χ2v) is 19.7. The Morgan fingerprint density at radius 2 is 1.28 bits per heavy atom. The summed E-state index contributed by atoms with van der Waals surface area (Å²) in [5.74, 6) is 0.762. The molecular formula is C53H67N2PS. The first kappa shape index (κ1) is 41.7. The summed E-state index contributed by atoms with van der Waals surface area (Å²) >= 11 is 2.05. The molecule has 0 spiro atoms. The fraction of sp³-hybridized carbons (Fsp3) is 0.434. The van der Waals surface area contributed by atoms with Crippen LogP contribution in [0.3, 0.4) is 0 Å². The van der Waals surface area contributed by atoms with Crippen LogP contribution in [-0.4, -0.2) is 6.29 Å². The molecule has 1 N–H and O–H groups in total. The molecule has 4 heteroatoms. The number of thiophene rings is 1. The van der Waals surface area contributed by atoms with Crippen LogP contribution < -0.4 is 9.99 Å². The molecule has 1 aromatic heterocycles. The Morgan fingerprint density at radius 3 is 1.98 bits per heavy atom. The summed E-state index contributed by atoms with van der Waals surface area (Å²) in [4.78, 5) is 4.25. The highest BCUT2D eigenvalue weighted by Gasteiger charge is 2.64. The van der Waals surface area contributed by atoms with E-state index in [0.717, 1.165) is 19.1 Å². The molecule has 0 saturated carbocycles. The van der Waals surface area contributed by atoms with Gasteiger partial charge < -0.3 is 4.90 Å². The van der Waals surface area contributed by atoms with Gasteiger partial charge in [-0.05, 0) is 126 Å². The smallest absolute Gasteiger partial charge is 0.0953 e. The maximum absolute atomic E-state index is 4.52. The van der Waals surface area contributed by atoms with Crippen molar-refractivity contribution >= 4 is 41.9 Å². The van der Waals surface area contributed by atoms with Crippen molar-refractivity contribution in [2.24, 2.45) is 5.92 Å². The van der Waals surface area contributed by atoms with Crippen LogP contribution in [0.4, 0.5) is 11.4 Å². The zero-order chi connectivity index (χ0) is 39.6. The van der Waals surface area contributed by atoms with Gasteiger partial charge in [-0.1, -0.05) is 164 Å². The quantitative estimate of drug-likeness (QED) is 0.0429. The maximum Gasteiger partial charge on any atom is 0.0953 e. The molecular weight excluding hydrogens is 728 g/mol. The highest BCUT2D eigenvalue weighted by molar-refractivity contribution is 7.64. The van der Waals surface area contributed by atoms with E-state index < -0.39 is 8.07 Å². The minimum atomic E-state index is -0.608. The largest absolute Gasteiger partial charge is 0.336 e. The van der Waals surface area contributed by atoms with Crippen molar-refractivity contribution in [2.45, 2.75) is 136 Å². The Bertz CT molecular complexity index is 2010. The van der Waals surface area contributed by atoms with E-state index >= 15 is 0 Å². The molecule has 1 saturated heterocycles. The summed E-state index contributed by atoms with van der Waals surface area (Å²) in [5, 5.41) is 6.87. The Morgan fingerprint density at radius 1 is 0.649 bits per heavy atom. The van der Waals surface area contributed by atoms with Crippen LogP contribution >= 0.6 is 19.4 Å². The van der Waals surface area contributed by atoms with Gasteiger partial charge in [-0.2, -0.15) is 0 Å². The van der Waals surface area contributed by atoms with Crippen molar-refractivity contribution in [3.63, 3.8) is 0 Å². The first-order chi connectivity index (χ1) is 28.0. The first-order valence-corrected chi connectivity index (χ1v) is 24.8. The summed E-state index contributed by atoms with van der Waals surface area (Å²) in [6.07, 6.45) is 18.8. The Hall–Kier alpha value is -3.49. The van der Waals surface area contributed by atoms with Crippen LogP contribution in [-0.2, 0) is 11.7 Å². The summed E-state index contributed by atoms with van der Waals surface area (Å²) in [6, 6.07) is 41.5. The van der Waals surface area contributed by atoms with Crippen molar-refractivity contribution in [1.82, 2.24) is 5.09 Å². The number of nitrogens with one attached hydrogen (secondary N) is 1. The van der Waals surface area contributed by atoms with Gasteiger partial charge in [0.25, 0.3) is 0 Å². The van der Waals surface area contributed by atoms with Crippen molar-refractivity contribution in [1.29, 1.82) is 0 Å². The molecule has 1 aliphatic carbocycles. The van der Waals surface area contributed by atoms with Crippen LogP contribution in [0.15, 0.2) is 115 Å². The highest BCUT2D eigenvalue weighted by Crippen LogP contribution is 2.77. The lowest BCUT2D eigenvalue weighted by atomic mass is 9.73. The van der Waals surface area contributed by atoms with Crippen molar-refractivity contribution in [3.05, 3.63) is 153 Å². The first-order valence-electron chi connectivity index (χ1n) is 22.4. The normalized spacial score (nSPS) is 19.2. The minimum Gasteiger partial charge on any atom is -0.336 e. The monoisotopic (exact) mass is 794 g/mol. The maximum atomic E-state index is 4.52. The molecule has 7 rings (SSSR count). The summed E-state index contributed by atoms with van der Waals surface area (Å²) in [5.41, 5.74) is 14.8. The van der Waals surface area contributed by atoms with Crippen LogP contribution in [0.25, 0.3) is 11.1 Å². The number of nitrogens with zero attached hydrogens (tertiary/aromatic N) is 1. The highest BCUT2D eigenvalue weighted by atomic mass is 32.1. The van der Waals surface area contributed by atoms with Gasteiger partial charge in [-0.3, -0.25) is 5.09 Å². The zero-order valence-corrected chi connectivity index (χ0v) is 37.2. The van der Waals surface area contributed by atoms with E-state index in [2.05, 4.69) is 171 Å². The Labute approximate surface area is 351 Å². The van der Waals surface area contributed by atoms with E-state index in [1.54, 1.807) is 27.2 Å². The third-order valence-electron chi connectivity index (χ3n) is 13.0. The lowest BCUT2D eigenvalue weighted by Crippen LogP contribution is -2.31. The SMILES string of the molecule is CCCCCCCCCC(C1C(c2cccc(C)c2C)=C(CCC)c2ccccc21)C1(c2sccc2CCCCC)NP1CN(c1ccccc1)c1ccccc1. The van der Waals surface area contributed by atoms with E-state index in [9.17, 15) is 0 Å². The van der Waals surface area contributed by atoms with Gasteiger partial charge in [0.1, 0.15) is 0 Å². The predicted octanol–water partition coefficient (Wildman–Crippen LogP) is 16.3. The van der Waals surface area contributed by atoms with Gasteiger partial charge >= 0.3 is 0 Å². The van der Waals surface area contributed by atoms with Crippen molar-refractivity contribution in [3.8, 4) is 0 Å². The zero-order valence-electron chi connectivity index (χ0n) is 35.5.